The molecule has 120 valence electrons. The first-order valence-corrected chi connectivity index (χ1v) is 8.00. The second-order valence-electron chi connectivity index (χ2n) is 6.17. The van der Waals surface area contributed by atoms with Crippen molar-refractivity contribution in [2.24, 2.45) is 0 Å². The van der Waals surface area contributed by atoms with Gasteiger partial charge in [0.05, 0.1) is 31.1 Å². The summed E-state index contributed by atoms with van der Waals surface area (Å²) in [6.45, 7) is 7.32. The standard InChI is InChI=1S/C18H21N3O2/c1-15-2-4-16(5-3-15)14-19-10-12-20(13-11-19)17-6-8-18(9-7-17)21(22)23/h2-9H,10-14H2,1H3/p+1. The molecular formula is C18H22N3O2+. The molecule has 3 rings (SSSR count). The monoisotopic (exact) mass is 312 g/mol. The summed E-state index contributed by atoms with van der Waals surface area (Å²) in [5.41, 5.74) is 3.91. The van der Waals surface area contributed by atoms with Crippen molar-refractivity contribution < 1.29 is 9.82 Å². The van der Waals surface area contributed by atoms with Crippen LogP contribution in [0.5, 0.6) is 0 Å². The maximum atomic E-state index is 10.7. The molecular weight excluding hydrogens is 290 g/mol. The Kier molecular flexibility index (Phi) is 4.57. The van der Waals surface area contributed by atoms with Crippen molar-refractivity contribution in [3.63, 3.8) is 0 Å². The highest BCUT2D eigenvalue weighted by atomic mass is 16.6. The van der Waals surface area contributed by atoms with Crippen LogP contribution in [0, 0.1) is 17.0 Å². The van der Waals surface area contributed by atoms with Crippen LogP contribution in [-0.4, -0.2) is 31.1 Å². The van der Waals surface area contributed by atoms with E-state index >= 15 is 0 Å². The number of non-ortho nitro benzene ring substituents is 1. The summed E-state index contributed by atoms with van der Waals surface area (Å²) in [7, 11) is 0. The third-order valence-corrected chi connectivity index (χ3v) is 4.47. The van der Waals surface area contributed by atoms with Crippen LogP contribution in [0.25, 0.3) is 0 Å². The molecule has 1 aliphatic rings. The van der Waals surface area contributed by atoms with Gasteiger partial charge in [-0.1, -0.05) is 29.8 Å². The van der Waals surface area contributed by atoms with Gasteiger partial charge >= 0.3 is 0 Å². The molecule has 23 heavy (non-hydrogen) atoms. The van der Waals surface area contributed by atoms with Crippen LogP contribution in [0.2, 0.25) is 0 Å². The summed E-state index contributed by atoms with van der Waals surface area (Å²) in [6.07, 6.45) is 0. The molecule has 2 aromatic carbocycles. The number of nitrogens with one attached hydrogen (secondary N) is 1. The van der Waals surface area contributed by atoms with Gasteiger partial charge in [0.15, 0.2) is 0 Å². The predicted octanol–water partition coefficient (Wildman–Crippen LogP) is 1.81. The molecule has 0 saturated carbocycles. The maximum Gasteiger partial charge on any atom is 0.269 e. The normalized spacial score (nSPS) is 15.6. The molecule has 0 atom stereocenters. The molecule has 0 aromatic heterocycles. The number of nitro groups is 1. The third kappa shape index (κ3) is 3.87. The molecule has 1 saturated heterocycles. The molecule has 5 heteroatoms. The zero-order valence-corrected chi connectivity index (χ0v) is 13.4. The summed E-state index contributed by atoms with van der Waals surface area (Å²) in [5, 5.41) is 10.7. The SMILES string of the molecule is Cc1ccc(C[NH+]2CCN(c3ccc([N+](=O)[O-])cc3)CC2)cc1. The Balaban J connectivity index is 1.55. The molecule has 0 amide bonds. The molecule has 1 N–H and O–H groups in total. The Labute approximate surface area is 136 Å². The van der Waals surface area contributed by atoms with Gasteiger partial charge < -0.3 is 9.80 Å². The van der Waals surface area contributed by atoms with Crippen LogP contribution in [0.3, 0.4) is 0 Å². The Morgan fingerprint density at radius 3 is 2.22 bits per heavy atom. The summed E-state index contributed by atoms with van der Waals surface area (Å²) in [6, 6.07) is 15.6. The lowest BCUT2D eigenvalue weighted by Gasteiger charge is -2.33. The number of anilines is 1. The van der Waals surface area contributed by atoms with E-state index in [9.17, 15) is 10.1 Å². The average molecular weight is 312 g/mol. The van der Waals surface area contributed by atoms with E-state index in [4.69, 9.17) is 0 Å². The largest absolute Gasteiger partial charge is 0.360 e. The molecule has 0 unspecified atom stereocenters. The minimum atomic E-state index is -0.354. The number of quaternary nitrogens is 1. The molecule has 1 heterocycles. The van der Waals surface area contributed by atoms with Crippen molar-refractivity contribution in [3.05, 3.63) is 69.8 Å². The maximum absolute atomic E-state index is 10.7. The van der Waals surface area contributed by atoms with Gasteiger partial charge in [0.2, 0.25) is 0 Å². The van der Waals surface area contributed by atoms with Crippen LogP contribution in [0.4, 0.5) is 11.4 Å². The number of aryl methyl sites for hydroxylation is 1. The highest BCUT2D eigenvalue weighted by Gasteiger charge is 2.20. The van der Waals surface area contributed by atoms with Crippen LogP contribution in [0.1, 0.15) is 11.1 Å². The van der Waals surface area contributed by atoms with E-state index in [2.05, 4.69) is 36.1 Å². The smallest absolute Gasteiger partial charge is 0.269 e. The molecule has 5 nitrogen and oxygen atoms in total. The lowest BCUT2D eigenvalue weighted by molar-refractivity contribution is -0.914. The van der Waals surface area contributed by atoms with Crippen molar-refractivity contribution in [2.75, 3.05) is 31.1 Å². The van der Waals surface area contributed by atoms with Gasteiger partial charge in [0.1, 0.15) is 6.54 Å². The zero-order chi connectivity index (χ0) is 16.2. The first-order chi connectivity index (χ1) is 11.1. The van der Waals surface area contributed by atoms with Crippen molar-refractivity contribution in [1.82, 2.24) is 0 Å². The molecule has 0 radical (unpaired) electrons. The number of piperazine rings is 1. The van der Waals surface area contributed by atoms with Crippen LogP contribution in [0.15, 0.2) is 48.5 Å². The highest BCUT2D eigenvalue weighted by molar-refractivity contribution is 5.51. The topological polar surface area (TPSA) is 50.8 Å². The first kappa shape index (κ1) is 15.5. The first-order valence-electron chi connectivity index (χ1n) is 8.00. The van der Waals surface area contributed by atoms with E-state index in [1.54, 1.807) is 17.0 Å². The fraction of sp³-hybridized carbons (Fsp3) is 0.333. The predicted molar refractivity (Wildman–Crippen MR) is 90.9 cm³/mol. The van der Waals surface area contributed by atoms with Crippen molar-refractivity contribution in [2.45, 2.75) is 13.5 Å². The van der Waals surface area contributed by atoms with Crippen molar-refractivity contribution >= 4 is 11.4 Å². The van der Waals surface area contributed by atoms with E-state index in [1.807, 2.05) is 12.1 Å². The Hall–Kier alpha value is -2.40. The van der Waals surface area contributed by atoms with Crippen LogP contribution in [-0.2, 0) is 6.54 Å². The number of benzene rings is 2. The average Bonchev–Trinajstić information content (AvgIpc) is 2.58. The van der Waals surface area contributed by atoms with Crippen molar-refractivity contribution in [1.29, 1.82) is 0 Å². The van der Waals surface area contributed by atoms with Gasteiger partial charge in [-0.2, -0.15) is 0 Å². The second kappa shape index (κ2) is 6.79. The van der Waals surface area contributed by atoms with E-state index < -0.39 is 0 Å². The highest BCUT2D eigenvalue weighted by Crippen LogP contribution is 2.19. The Morgan fingerprint density at radius 2 is 1.65 bits per heavy atom. The van der Waals surface area contributed by atoms with Gasteiger partial charge in [-0.15, -0.1) is 0 Å². The minimum Gasteiger partial charge on any atom is -0.360 e. The number of hydrogen-bond acceptors (Lipinski definition) is 3. The zero-order valence-electron chi connectivity index (χ0n) is 13.4. The molecule has 2 aromatic rings. The summed E-state index contributed by atoms with van der Waals surface area (Å²) in [4.78, 5) is 14.3. The van der Waals surface area contributed by atoms with E-state index in [1.165, 1.54) is 11.1 Å². The van der Waals surface area contributed by atoms with Crippen LogP contribution < -0.4 is 9.80 Å². The van der Waals surface area contributed by atoms with Gasteiger partial charge in [0.25, 0.3) is 5.69 Å². The number of nitro benzene ring substituents is 1. The van der Waals surface area contributed by atoms with Gasteiger partial charge in [-0.25, -0.2) is 0 Å². The fourth-order valence-corrected chi connectivity index (χ4v) is 3.04. The Bertz CT molecular complexity index is 660. The van der Waals surface area contributed by atoms with E-state index in [0.29, 0.717) is 0 Å². The van der Waals surface area contributed by atoms with E-state index in [-0.39, 0.29) is 10.6 Å². The van der Waals surface area contributed by atoms with Gasteiger partial charge in [0, 0.05) is 23.4 Å². The van der Waals surface area contributed by atoms with Gasteiger partial charge in [-0.05, 0) is 19.1 Å². The molecule has 0 aliphatic carbocycles. The summed E-state index contributed by atoms with van der Waals surface area (Å²) < 4.78 is 0. The van der Waals surface area contributed by atoms with Crippen molar-refractivity contribution in [3.8, 4) is 0 Å². The molecule has 0 spiro atoms. The molecule has 1 aliphatic heterocycles. The van der Waals surface area contributed by atoms with Gasteiger partial charge in [-0.3, -0.25) is 10.1 Å². The quantitative estimate of drug-likeness (QED) is 0.692. The third-order valence-electron chi connectivity index (χ3n) is 4.47. The second-order valence-corrected chi connectivity index (χ2v) is 6.17. The summed E-state index contributed by atoms with van der Waals surface area (Å²) >= 11 is 0. The number of nitrogens with zero attached hydrogens (tertiary/aromatic N) is 2. The lowest BCUT2D eigenvalue weighted by atomic mass is 10.1. The Morgan fingerprint density at radius 1 is 1.04 bits per heavy atom. The lowest BCUT2D eigenvalue weighted by Crippen LogP contribution is -3.13. The van der Waals surface area contributed by atoms with Crippen LogP contribution >= 0.6 is 0 Å². The number of hydrogen-bond donors (Lipinski definition) is 1. The summed E-state index contributed by atoms with van der Waals surface area (Å²) in [5.74, 6) is 0. The molecule has 1 fully saturated rings. The van der Waals surface area contributed by atoms with E-state index in [0.717, 1.165) is 38.4 Å². The fourth-order valence-electron chi connectivity index (χ4n) is 3.04. The molecule has 0 bridgehead atoms. The minimum absolute atomic E-state index is 0.150. The number of rotatable bonds is 4.